The molecule has 2 aromatic carbocycles. The Morgan fingerprint density at radius 2 is 1.90 bits per heavy atom. The van der Waals surface area contributed by atoms with Crippen LogP contribution in [0.2, 0.25) is 0 Å². The Balaban J connectivity index is 1.59. The molecular weight excluding hydrogens is 396 g/mol. The van der Waals surface area contributed by atoms with E-state index in [0.29, 0.717) is 24.1 Å². The van der Waals surface area contributed by atoms with E-state index in [4.69, 9.17) is 26.8 Å². The number of likely N-dealkylation sites (tertiary alicyclic amines) is 1. The third-order valence-corrected chi connectivity index (χ3v) is 6.13. The van der Waals surface area contributed by atoms with E-state index >= 15 is 0 Å². The number of aromatic nitrogens is 3. The summed E-state index contributed by atoms with van der Waals surface area (Å²) in [5.41, 5.74) is 2.25. The fourth-order valence-corrected chi connectivity index (χ4v) is 4.33. The molecule has 0 spiro atoms. The molecule has 3 aromatic rings. The van der Waals surface area contributed by atoms with Gasteiger partial charge in [0, 0.05) is 19.6 Å². The van der Waals surface area contributed by atoms with Crippen molar-refractivity contribution in [1.29, 1.82) is 0 Å². The lowest BCUT2D eigenvalue weighted by atomic mass is 10.0. The number of benzene rings is 2. The molecule has 0 aliphatic carbocycles. The Morgan fingerprint density at radius 3 is 2.63 bits per heavy atom. The van der Waals surface area contributed by atoms with Gasteiger partial charge < -0.3 is 14.0 Å². The van der Waals surface area contributed by atoms with Crippen LogP contribution in [0, 0.1) is 4.77 Å². The van der Waals surface area contributed by atoms with Crippen LogP contribution in [0.4, 0.5) is 0 Å². The number of methoxy groups -OCH3 is 1. The highest BCUT2D eigenvalue weighted by atomic mass is 32.1. The Bertz CT molecular complexity index is 1060. The van der Waals surface area contributed by atoms with Gasteiger partial charge in [-0.3, -0.25) is 4.90 Å². The molecule has 2 heterocycles. The Hall–Kier alpha value is -2.64. The third-order valence-electron chi connectivity index (χ3n) is 5.64. The van der Waals surface area contributed by atoms with Gasteiger partial charge in [0.2, 0.25) is 0 Å². The van der Waals surface area contributed by atoms with Crippen molar-refractivity contribution in [2.24, 2.45) is 7.05 Å². The molecule has 6 nitrogen and oxygen atoms in total. The van der Waals surface area contributed by atoms with Crippen LogP contribution in [0.25, 0.3) is 11.4 Å². The summed E-state index contributed by atoms with van der Waals surface area (Å²) in [7, 11) is 3.64. The first-order valence-corrected chi connectivity index (χ1v) is 10.8. The van der Waals surface area contributed by atoms with Gasteiger partial charge in [0.05, 0.1) is 25.9 Å². The molecule has 1 atom stereocenters. The number of para-hydroxylation sites is 1. The molecule has 158 valence electrons. The molecule has 0 N–H and O–H groups in total. The standard InChI is InChI=1S/C23H28N4O2S/c1-4-29-18-13-11-17(12-14-18)20-9-7-15-26(20)16-27-23(30)25(2)22(24-27)19-8-5-6-10-21(19)28-3/h5-6,8,10-14,20H,4,7,9,15-16H2,1-3H3/t20-/m0/s1. The summed E-state index contributed by atoms with van der Waals surface area (Å²) < 4.78 is 15.7. The van der Waals surface area contributed by atoms with Gasteiger partial charge in [-0.05, 0) is 61.8 Å². The van der Waals surface area contributed by atoms with Crippen molar-refractivity contribution in [3.05, 3.63) is 58.9 Å². The first kappa shape index (κ1) is 20.6. The second-order valence-electron chi connectivity index (χ2n) is 7.48. The number of rotatable bonds is 7. The number of ether oxygens (including phenoxy) is 2. The maximum absolute atomic E-state index is 5.71. The molecule has 30 heavy (non-hydrogen) atoms. The van der Waals surface area contributed by atoms with Gasteiger partial charge in [-0.25, -0.2) is 4.68 Å². The van der Waals surface area contributed by atoms with Gasteiger partial charge in [0.15, 0.2) is 10.6 Å². The Morgan fingerprint density at radius 1 is 1.13 bits per heavy atom. The molecule has 0 unspecified atom stereocenters. The zero-order chi connectivity index (χ0) is 21.1. The largest absolute Gasteiger partial charge is 0.496 e. The topological polar surface area (TPSA) is 44.4 Å². The number of nitrogens with zero attached hydrogens (tertiary/aromatic N) is 4. The lowest BCUT2D eigenvalue weighted by molar-refractivity contribution is 0.190. The van der Waals surface area contributed by atoms with Crippen molar-refractivity contribution >= 4 is 12.2 Å². The summed E-state index contributed by atoms with van der Waals surface area (Å²) in [5.74, 6) is 2.52. The van der Waals surface area contributed by atoms with Crippen molar-refractivity contribution in [1.82, 2.24) is 19.2 Å². The molecule has 0 amide bonds. The van der Waals surface area contributed by atoms with Crippen LogP contribution in [0.15, 0.2) is 48.5 Å². The minimum Gasteiger partial charge on any atom is -0.496 e. The minimum atomic E-state index is 0.360. The molecule has 1 aliphatic heterocycles. The van der Waals surface area contributed by atoms with Crippen molar-refractivity contribution in [2.45, 2.75) is 32.5 Å². The normalized spacial score (nSPS) is 16.7. The van der Waals surface area contributed by atoms with E-state index in [2.05, 4.69) is 29.2 Å². The van der Waals surface area contributed by atoms with E-state index in [1.807, 2.05) is 47.5 Å². The van der Waals surface area contributed by atoms with Gasteiger partial charge in [-0.15, -0.1) is 0 Å². The minimum absolute atomic E-state index is 0.360. The van der Waals surface area contributed by atoms with Crippen LogP contribution in [0.3, 0.4) is 0 Å². The van der Waals surface area contributed by atoms with Crippen LogP contribution in [0.1, 0.15) is 31.4 Å². The van der Waals surface area contributed by atoms with Gasteiger partial charge in [-0.1, -0.05) is 24.3 Å². The van der Waals surface area contributed by atoms with Gasteiger partial charge in [0.25, 0.3) is 0 Å². The van der Waals surface area contributed by atoms with Gasteiger partial charge in [0.1, 0.15) is 11.5 Å². The molecule has 0 bridgehead atoms. The maximum atomic E-state index is 5.71. The molecule has 1 aliphatic rings. The predicted molar refractivity (Wildman–Crippen MR) is 120 cm³/mol. The average molecular weight is 425 g/mol. The zero-order valence-corrected chi connectivity index (χ0v) is 18.6. The van der Waals surface area contributed by atoms with Crippen molar-refractivity contribution in [3.8, 4) is 22.9 Å². The van der Waals surface area contributed by atoms with E-state index < -0.39 is 0 Å². The highest BCUT2D eigenvalue weighted by molar-refractivity contribution is 7.71. The zero-order valence-electron chi connectivity index (χ0n) is 17.7. The van der Waals surface area contributed by atoms with E-state index in [0.717, 1.165) is 42.3 Å². The summed E-state index contributed by atoms with van der Waals surface area (Å²) in [4.78, 5) is 2.45. The Kier molecular flexibility index (Phi) is 6.20. The lowest BCUT2D eigenvalue weighted by Gasteiger charge is -2.24. The summed E-state index contributed by atoms with van der Waals surface area (Å²) in [6, 6.07) is 16.7. The summed E-state index contributed by atoms with van der Waals surface area (Å²) in [6.07, 6.45) is 2.30. The predicted octanol–water partition coefficient (Wildman–Crippen LogP) is 4.82. The molecule has 0 saturated carbocycles. The van der Waals surface area contributed by atoms with Crippen molar-refractivity contribution in [2.75, 3.05) is 20.3 Å². The third kappa shape index (κ3) is 4.00. The van der Waals surface area contributed by atoms with Crippen molar-refractivity contribution < 1.29 is 9.47 Å². The van der Waals surface area contributed by atoms with Crippen LogP contribution in [0.5, 0.6) is 11.5 Å². The lowest BCUT2D eigenvalue weighted by Crippen LogP contribution is -2.27. The van der Waals surface area contributed by atoms with Crippen LogP contribution < -0.4 is 9.47 Å². The molecule has 1 aromatic heterocycles. The van der Waals surface area contributed by atoms with Crippen LogP contribution in [-0.2, 0) is 13.7 Å². The SMILES string of the molecule is CCOc1ccc([C@@H]2CCCN2Cn2nc(-c3ccccc3OC)n(C)c2=S)cc1. The molecule has 0 radical (unpaired) electrons. The number of hydrogen-bond donors (Lipinski definition) is 0. The van der Waals surface area contributed by atoms with Crippen LogP contribution >= 0.6 is 12.2 Å². The van der Waals surface area contributed by atoms with E-state index in [-0.39, 0.29) is 0 Å². The summed E-state index contributed by atoms with van der Waals surface area (Å²) in [6.45, 7) is 4.38. The fraction of sp³-hybridized carbons (Fsp3) is 0.391. The maximum Gasteiger partial charge on any atom is 0.199 e. The second kappa shape index (κ2) is 9.02. The summed E-state index contributed by atoms with van der Waals surface area (Å²) >= 11 is 5.71. The quantitative estimate of drug-likeness (QED) is 0.509. The average Bonchev–Trinajstić information content (AvgIpc) is 3.35. The van der Waals surface area contributed by atoms with Crippen LogP contribution in [-0.4, -0.2) is 39.5 Å². The second-order valence-corrected chi connectivity index (χ2v) is 7.84. The highest BCUT2D eigenvalue weighted by Crippen LogP contribution is 2.34. The molecule has 1 fully saturated rings. The summed E-state index contributed by atoms with van der Waals surface area (Å²) in [5, 5.41) is 4.85. The van der Waals surface area contributed by atoms with E-state index in [1.54, 1.807) is 7.11 Å². The molecular formula is C23H28N4O2S. The smallest absolute Gasteiger partial charge is 0.199 e. The molecule has 4 rings (SSSR count). The first-order valence-electron chi connectivity index (χ1n) is 10.4. The number of hydrogen-bond acceptors (Lipinski definition) is 5. The monoisotopic (exact) mass is 424 g/mol. The highest BCUT2D eigenvalue weighted by Gasteiger charge is 2.27. The fourth-order valence-electron chi connectivity index (χ4n) is 4.14. The van der Waals surface area contributed by atoms with Gasteiger partial charge in [-0.2, -0.15) is 5.10 Å². The van der Waals surface area contributed by atoms with E-state index in [1.165, 1.54) is 5.56 Å². The first-order chi connectivity index (χ1) is 14.6. The molecule has 1 saturated heterocycles. The van der Waals surface area contributed by atoms with E-state index in [9.17, 15) is 0 Å². The van der Waals surface area contributed by atoms with Crippen molar-refractivity contribution in [3.63, 3.8) is 0 Å². The molecule has 7 heteroatoms. The van der Waals surface area contributed by atoms with Gasteiger partial charge >= 0.3 is 0 Å². The Labute approximate surface area is 182 Å².